The number of hydrogen-bond donors (Lipinski definition) is 0. The standard InChI is InChI=1S/C33H31NO5/c1-23-11-13-24(14-12-23)20-37-26-17-15-25(16-18-26)21-38-32(35)19-34(2)33(36)39-22-31-29-9-5-3-7-27(29)28-8-4-6-10-30(28)31/h3-18,31H,19-22H2,1-2H3. The van der Waals surface area contributed by atoms with Crippen molar-refractivity contribution in [1.82, 2.24) is 4.90 Å². The van der Waals surface area contributed by atoms with Gasteiger partial charge in [-0.1, -0.05) is 90.5 Å². The molecule has 0 spiro atoms. The Hall–Kier alpha value is -4.58. The second kappa shape index (κ2) is 11.9. The summed E-state index contributed by atoms with van der Waals surface area (Å²) in [6.45, 7) is 2.64. The molecule has 0 heterocycles. The van der Waals surface area contributed by atoms with E-state index in [0.717, 1.165) is 39.1 Å². The lowest BCUT2D eigenvalue weighted by Gasteiger charge is -2.19. The lowest BCUT2D eigenvalue weighted by atomic mass is 9.98. The van der Waals surface area contributed by atoms with Crippen LogP contribution in [0.4, 0.5) is 4.79 Å². The lowest BCUT2D eigenvalue weighted by Crippen LogP contribution is -2.34. The fourth-order valence-electron chi connectivity index (χ4n) is 4.70. The molecule has 0 saturated carbocycles. The van der Waals surface area contributed by atoms with Gasteiger partial charge in [-0.3, -0.25) is 4.79 Å². The topological polar surface area (TPSA) is 65.1 Å². The van der Waals surface area contributed by atoms with Crippen molar-refractivity contribution in [1.29, 1.82) is 0 Å². The summed E-state index contributed by atoms with van der Waals surface area (Å²) in [4.78, 5) is 26.2. The molecule has 6 heteroatoms. The number of nitrogens with zero attached hydrogens (tertiary/aromatic N) is 1. The number of carbonyl (C=O) groups is 2. The second-order valence-corrected chi connectivity index (χ2v) is 9.74. The van der Waals surface area contributed by atoms with Crippen molar-refractivity contribution in [2.75, 3.05) is 20.2 Å². The Morgan fingerprint density at radius 3 is 1.92 bits per heavy atom. The van der Waals surface area contributed by atoms with E-state index in [0.29, 0.717) is 6.61 Å². The molecule has 0 bridgehead atoms. The maximum atomic E-state index is 12.6. The third-order valence-electron chi connectivity index (χ3n) is 6.86. The fourth-order valence-corrected chi connectivity index (χ4v) is 4.70. The molecule has 0 unspecified atom stereocenters. The van der Waals surface area contributed by atoms with Crippen LogP contribution in [0.5, 0.6) is 5.75 Å². The number of amides is 1. The van der Waals surface area contributed by atoms with Gasteiger partial charge in [0.2, 0.25) is 0 Å². The maximum Gasteiger partial charge on any atom is 0.410 e. The van der Waals surface area contributed by atoms with Crippen LogP contribution in [0.25, 0.3) is 11.1 Å². The number of rotatable bonds is 9. The van der Waals surface area contributed by atoms with Crippen LogP contribution in [0.3, 0.4) is 0 Å². The predicted molar refractivity (Wildman–Crippen MR) is 149 cm³/mol. The first-order valence-corrected chi connectivity index (χ1v) is 13.0. The van der Waals surface area contributed by atoms with E-state index in [1.807, 2.05) is 60.7 Å². The van der Waals surface area contributed by atoms with Crippen LogP contribution in [0.2, 0.25) is 0 Å². The second-order valence-electron chi connectivity index (χ2n) is 9.74. The van der Waals surface area contributed by atoms with Crippen molar-refractivity contribution >= 4 is 12.1 Å². The van der Waals surface area contributed by atoms with E-state index < -0.39 is 12.1 Å². The van der Waals surface area contributed by atoms with Gasteiger partial charge in [-0.05, 0) is 52.4 Å². The van der Waals surface area contributed by atoms with E-state index >= 15 is 0 Å². The normalized spacial score (nSPS) is 11.8. The minimum atomic E-state index is -0.566. The van der Waals surface area contributed by atoms with Crippen molar-refractivity contribution in [2.24, 2.45) is 0 Å². The average molecular weight is 522 g/mol. The summed E-state index contributed by atoms with van der Waals surface area (Å²) in [5.41, 5.74) is 7.74. The molecule has 198 valence electrons. The Morgan fingerprint density at radius 2 is 1.28 bits per heavy atom. The highest BCUT2D eigenvalue weighted by Gasteiger charge is 2.29. The number of esters is 1. The summed E-state index contributed by atoms with van der Waals surface area (Å²) < 4.78 is 16.8. The Labute approximate surface area is 228 Å². The van der Waals surface area contributed by atoms with Gasteiger partial charge < -0.3 is 19.1 Å². The SMILES string of the molecule is Cc1ccc(COc2ccc(COC(=O)CN(C)C(=O)OCC3c4ccccc4-c4ccccc43)cc2)cc1. The smallest absolute Gasteiger partial charge is 0.410 e. The summed E-state index contributed by atoms with van der Waals surface area (Å²) in [7, 11) is 1.53. The van der Waals surface area contributed by atoms with Crippen LogP contribution in [0.15, 0.2) is 97.1 Å². The molecule has 0 saturated heterocycles. The Morgan fingerprint density at radius 1 is 0.718 bits per heavy atom. The number of carbonyl (C=O) groups excluding carboxylic acids is 2. The molecular formula is C33H31NO5. The van der Waals surface area contributed by atoms with E-state index in [9.17, 15) is 9.59 Å². The maximum absolute atomic E-state index is 12.6. The Balaban J connectivity index is 1.06. The van der Waals surface area contributed by atoms with E-state index in [-0.39, 0.29) is 25.7 Å². The van der Waals surface area contributed by atoms with Gasteiger partial charge in [0.25, 0.3) is 0 Å². The zero-order valence-electron chi connectivity index (χ0n) is 22.1. The Kier molecular flexibility index (Phi) is 7.92. The van der Waals surface area contributed by atoms with Gasteiger partial charge in [0, 0.05) is 13.0 Å². The largest absolute Gasteiger partial charge is 0.489 e. The quantitative estimate of drug-likeness (QED) is 0.235. The first-order chi connectivity index (χ1) is 19.0. The molecule has 6 nitrogen and oxygen atoms in total. The highest BCUT2D eigenvalue weighted by atomic mass is 16.6. The molecule has 4 aromatic rings. The third kappa shape index (κ3) is 6.29. The van der Waals surface area contributed by atoms with Gasteiger partial charge in [0.1, 0.15) is 32.1 Å². The zero-order valence-corrected chi connectivity index (χ0v) is 22.1. The average Bonchev–Trinajstić information content (AvgIpc) is 3.28. The molecule has 5 rings (SSSR count). The Bertz CT molecular complexity index is 1400. The number of hydrogen-bond acceptors (Lipinski definition) is 5. The first kappa shape index (κ1) is 26.0. The molecule has 1 amide bonds. The highest BCUT2D eigenvalue weighted by Crippen LogP contribution is 2.44. The van der Waals surface area contributed by atoms with Gasteiger partial charge in [-0.2, -0.15) is 0 Å². The molecule has 0 aliphatic heterocycles. The number of ether oxygens (including phenoxy) is 3. The van der Waals surface area contributed by atoms with Crippen molar-refractivity contribution in [2.45, 2.75) is 26.1 Å². The van der Waals surface area contributed by atoms with Crippen LogP contribution in [-0.4, -0.2) is 37.2 Å². The summed E-state index contributed by atoms with van der Waals surface area (Å²) in [6.07, 6.45) is -0.566. The van der Waals surface area contributed by atoms with E-state index in [1.165, 1.54) is 17.5 Å². The predicted octanol–water partition coefficient (Wildman–Crippen LogP) is 6.50. The minimum Gasteiger partial charge on any atom is -0.489 e. The zero-order chi connectivity index (χ0) is 27.2. The lowest BCUT2D eigenvalue weighted by molar-refractivity contribution is -0.145. The van der Waals surface area contributed by atoms with Crippen LogP contribution in [-0.2, 0) is 27.5 Å². The molecule has 0 N–H and O–H groups in total. The van der Waals surface area contributed by atoms with Gasteiger partial charge in [-0.15, -0.1) is 0 Å². The summed E-state index contributed by atoms with van der Waals surface area (Å²) in [5.74, 6) is 0.192. The number of aryl methyl sites for hydroxylation is 1. The van der Waals surface area contributed by atoms with E-state index in [2.05, 4.69) is 43.3 Å². The summed E-state index contributed by atoms with van der Waals surface area (Å²) in [5, 5.41) is 0. The highest BCUT2D eigenvalue weighted by molar-refractivity contribution is 5.80. The molecule has 0 fully saturated rings. The number of benzene rings is 4. The molecular weight excluding hydrogens is 490 g/mol. The van der Waals surface area contributed by atoms with Gasteiger partial charge in [-0.25, -0.2) is 4.79 Å². The molecule has 39 heavy (non-hydrogen) atoms. The van der Waals surface area contributed by atoms with Crippen molar-refractivity contribution < 1.29 is 23.8 Å². The summed E-state index contributed by atoms with van der Waals surface area (Å²) >= 11 is 0. The molecule has 4 aromatic carbocycles. The molecule has 0 atom stereocenters. The van der Waals surface area contributed by atoms with Gasteiger partial charge in [0.05, 0.1) is 0 Å². The van der Waals surface area contributed by atoms with Crippen molar-refractivity contribution in [3.63, 3.8) is 0 Å². The van der Waals surface area contributed by atoms with Crippen LogP contribution in [0, 0.1) is 6.92 Å². The molecule has 0 aromatic heterocycles. The minimum absolute atomic E-state index is 0.0365. The third-order valence-corrected chi connectivity index (χ3v) is 6.86. The van der Waals surface area contributed by atoms with E-state index in [1.54, 1.807) is 0 Å². The molecule has 0 radical (unpaired) electrons. The van der Waals surface area contributed by atoms with Crippen molar-refractivity contribution in [3.05, 3.63) is 125 Å². The van der Waals surface area contributed by atoms with Crippen LogP contribution >= 0.6 is 0 Å². The van der Waals surface area contributed by atoms with Gasteiger partial charge in [0.15, 0.2) is 0 Å². The monoisotopic (exact) mass is 521 g/mol. The molecule has 1 aliphatic rings. The summed E-state index contributed by atoms with van der Waals surface area (Å²) in [6, 6.07) is 31.9. The first-order valence-electron chi connectivity index (χ1n) is 13.0. The number of fused-ring (bicyclic) bond motifs is 3. The van der Waals surface area contributed by atoms with Crippen molar-refractivity contribution in [3.8, 4) is 16.9 Å². The number of likely N-dealkylation sites (N-methyl/N-ethyl adjacent to an activating group) is 1. The van der Waals surface area contributed by atoms with Crippen LogP contribution < -0.4 is 4.74 Å². The molecule has 1 aliphatic carbocycles. The van der Waals surface area contributed by atoms with E-state index in [4.69, 9.17) is 14.2 Å². The van der Waals surface area contributed by atoms with Crippen LogP contribution in [0.1, 0.15) is 33.7 Å². The fraction of sp³-hybridized carbons (Fsp3) is 0.212. The van der Waals surface area contributed by atoms with Gasteiger partial charge >= 0.3 is 12.1 Å².